The highest BCUT2D eigenvalue weighted by molar-refractivity contribution is 6.33. The number of ether oxygens (including phenoxy) is 1. The monoisotopic (exact) mass is 353 g/mol. The molecule has 0 unspecified atom stereocenters. The van der Waals surface area contributed by atoms with Crippen molar-refractivity contribution in [3.05, 3.63) is 52.6 Å². The van der Waals surface area contributed by atoms with Crippen LogP contribution in [0.3, 0.4) is 0 Å². The highest BCUT2D eigenvalue weighted by Gasteiger charge is 2.27. The van der Waals surface area contributed by atoms with Crippen LogP contribution < -0.4 is 0 Å². The quantitative estimate of drug-likeness (QED) is 0.766. The largest absolute Gasteiger partial charge is 0.383 e. The zero-order valence-corrected chi connectivity index (χ0v) is 14.8. The Balaban J connectivity index is 2.33. The Labute approximate surface area is 146 Å². The highest BCUT2D eigenvalue weighted by Crippen LogP contribution is 2.20. The van der Waals surface area contributed by atoms with Crippen molar-refractivity contribution >= 4 is 17.5 Å². The number of aromatic nitrogens is 2. The molecule has 0 saturated carbocycles. The van der Waals surface area contributed by atoms with Gasteiger partial charge in [-0.25, -0.2) is 4.39 Å². The molecule has 0 aliphatic rings. The third kappa shape index (κ3) is 4.13. The summed E-state index contributed by atoms with van der Waals surface area (Å²) in [5.41, 5.74) is 0.595. The summed E-state index contributed by atoms with van der Waals surface area (Å²) < 4.78 is 20.7. The van der Waals surface area contributed by atoms with Gasteiger partial charge in [0.1, 0.15) is 5.82 Å². The number of carbonyl (C=O) groups is 1. The first-order valence-corrected chi connectivity index (χ1v) is 8.12. The number of hydrogen-bond donors (Lipinski definition) is 0. The summed E-state index contributed by atoms with van der Waals surface area (Å²) in [6.45, 7) is 4.79. The summed E-state index contributed by atoms with van der Waals surface area (Å²) in [4.78, 5) is 14.4. The van der Waals surface area contributed by atoms with E-state index in [4.69, 9.17) is 16.3 Å². The van der Waals surface area contributed by atoms with Crippen molar-refractivity contribution in [2.75, 3.05) is 13.7 Å². The Kier molecular flexibility index (Phi) is 6.34. The van der Waals surface area contributed by atoms with Gasteiger partial charge in [0.15, 0.2) is 5.69 Å². The third-order valence-electron chi connectivity index (χ3n) is 3.74. The third-order valence-corrected chi connectivity index (χ3v) is 4.02. The van der Waals surface area contributed by atoms with Crippen molar-refractivity contribution in [3.63, 3.8) is 0 Å². The predicted octanol–water partition coefficient (Wildman–Crippen LogP) is 3.37. The standard InChI is InChI=1S/C17H21ClFN3O2/c1-4-21-10-14(18)16(20-21)17(23)22(12(2)11-24-3)9-13-7-5-6-8-15(13)19/h5-8,10,12H,4,9,11H2,1-3H3/t12-/m1/s1. The lowest BCUT2D eigenvalue weighted by atomic mass is 10.1. The van der Waals surface area contributed by atoms with Gasteiger partial charge in [-0.15, -0.1) is 0 Å². The Morgan fingerprint density at radius 1 is 1.46 bits per heavy atom. The first-order valence-electron chi connectivity index (χ1n) is 7.74. The van der Waals surface area contributed by atoms with Crippen LogP contribution in [0.4, 0.5) is 4.39 Å². The molecule has 1 amide bonds. The van der Waals surface area contributed by atoms with Gasteiger partial charge in [0.05, 0.1) is 17.7 Å². The second kappa shape index (κ2) is 8.26. The molecule has 0 fully saturated rings. The van der Waals surface area contributed by atoms with E-state index in [1.54, 1.807) is 36.2 Å². The van der Waals surface area contributed by atoms with E-state index >= 15 is 0 Å². The minimum Gasteiger partial charge on any atom is -0.383 e. The smallest absolute Gasteiger partial charge is 0.276 e. The summed E-state index contributed by atoms with van der Waals surface area (Å²) in [7, 11) is 1.56. The topological polar surface area (TPSA) is 47.4 Å². The van der Waals surface area contributed by atoms with E-state index in [1.165, 1.54) is 11.0 Å². The van der Waals surface area contributed by atoms with Crippen molar-refractivity contribution in [3.8, 4) is 0 Å². The molecule has 0 radical (unpaired) electrons. The number of nitrogens with zero attached hydrogens (tertiary/aromatic N) is 3. The van der Waals surface area contributed by atoms with Crippen molar-refractivity contribution in [2.45, 2.75) is 33.0 Å². The summed E-state index contributed by atoms with van der Waals surface area (Å²) in [6.07, 6.45) is 1.61. The van der Waals surface area contributed by atoms with E-state index in [1.807, 2.05) is 13.8 Å². The van der Waals surface area contributed by atoms with Gasteiger partial charge >= 0.3 is 0 Å². The molecule has 1 aromatic carbocycles. The number of carbonyl (C=O) groups excluding carboxylic acids is 1. The number of halogens is 2. The van der Waals surface area contributed by atoms with Gasteiger partial charge in [0, 0.05) is 32.0 Å². The molecule has 2 rings (SSSR count). The maximum atomic E-state index is 14.0. The van der Waals surface area contributed by atoms with E-state index < -0.39 is 0 Å². The average Bonchev–Trinajstić information content (AvgIpc) is 2.94. The van der Waals surface area contributed by atoms with Gasteiger partial charge in [-0.3, -0.25) is 9.48 Å². The van der Waals surface area contributed by atoms with Crippen LogP contribution >= 0.6 is 11.6 Å². The first kappa shape index (κ1) is 18.4. The van der Waals surface area contributed by atoms with Gasteiger partial charge in [0.25, 0.3) is 5.91 Å². The summed E-state index contributed by atoms with van der Waals surface area (Å²) in [5.74, 6) is -0.704. The van der Waals surface area contributed by atoms with Gasteiger partial charge in [-0.05, 0) is 19.9 Å². The van der Waals surface area contributed by atoms with Crippen molar-refractivity contribution in [1.82, 2.24) is 14.7 Å². The molecule has 0 aliphatic heterocycles. The molecule has 0 bridgehead atoms. The van der Waals surface area contributed by atoms with E-state index in [2.05, 4.69) is 5.10 Å². The van der Waals surface area contributed by atoms with Crippen LogP contribution in [-0.2, 0) is 17.8 Å². The van der Waals surface area contributed by atoms with Gasteiger partial charge in [0.2, 0.25) is 0 Å². The molecule has 1 aromatic heterocycles. The van der Waals surface area contributed by atoms with Crippen LogP contribution in [0.2, 0.25) is 5.02 Å². The van der Waals surface area contributed by atoms with Crippen molar-refractivity contribution in [1.29, 1.82) is 0 Å². The summed E-state index contributed by atoms with van der Waals surface area (Å²) in [5, 5.41) is 4.50. The lowest BCUT2D eigenvalue weighted by Crippen LogP contribution is -2.41. The molecule has 5 nitrogen and oxygen atoms in total. The van der Waals surface area contributed by atoms with Crippen molar-refractivity contribution in [2.24, 2.45) is 0 Å². The lowest BCUT2D eigenvalue weighted by molar-refractivity contribution is 0.0533. The number of methoxy groups -OCH3 is 1. The van der Waals surface area contributed by atoms with Gasteiger partial charge in [-0.1, -0.05) is 29.8 Å². The molecular formula is C17H21ClFN3O2. The number of amides is 1. The van der Waals surface area contributed by atoms with Crippen LogP contribution in [-0.4, -0.2) is 40.3 Å². The van der Waals surface area contributed by atoms with Crippen LogP contribution in [0.15, 0.2) is 30.5 Å². The average molecular weight is 354 g/mol. The van der Waals surface area contributed by atoms with Crippen LogP contribution in [0, 0.1) is 5.82 Å². The van der Waals surface area contributed by atoms with Gasteiger partial charge < -0.3 is 9.64 Å². The first-order chi connectivity index (χ1) is 11.5. The SMILES string of the molecule is CCn1cc(Cl)c(C(=O)N(Cc2ccccc2F)[C@H](C)COC)n1. The fourth-order valence-corrected chi connectivity index (χ4v) is 2.64. The lowest BCUT2D eigenvalue weighted by Gasteiger charge is -2.28. The minimum absolute atomic E-state index is 0.116. The number of rotatable bonds is 7. The maximum Gasteiger partial charge on any atom is 0.276 e. The molecule has 1 heterocycles. The number of aryl methyl sites for hydroxylation is 1. The zero-order valence-electron chi connectivity index (χ0n) is 14.0. The fraction of sp³-hybridized carbons (Fsp3) is 0.412. The maximum absolute atomic E-state index is 14.0. The van der Waals surface area contributed by atoms with Crippen molar-refractivity contribution < 1.29 is 13.9 Å². The molecule has 130 valence electrons. The molecule has 7 heteroatoms. The molecule has 0 aliphatic carbocycles. The molecule has 24 heavy (non-hydrogen) atoms. The Hall–Kier alpha value is -1.92. The molecule has 0 N–H and O–H groups in total. The van der Waals surface area contributed by atoms with E-state index in [0.29, 0.717) is 18.7 Å². The van der Waals surface area contributed by atoms with Crippen LogP contribution in [0.5, 0.6) is 0 Å². The Morgan fingerprint density at radius 2 is 2.17 bits per heavy atom. The molecule has 0 saturated heterocycles. The van der Waals surface area contributed by atoms with Gasteiger partial charge in [-0.2, -0.15) is 5.10 Å². The predicted molar refractivity (Wildman–Crippen MR) is 90.5 cm³/mol. The van der Waals surface area contributed by atoms with Crippen LogP contribution in [0.25, 0.3) is 0 Å². The molecule has 1 atom stereocenters. The Morgan fingerprint density at radius 3 is 2.75 bits per heavy atom. The minimum atomic E-state index is -0.356. The van der Waals surface area contributed by atoms with E-state index in [0.717, 1.165) is 0 Å². The zero-order chi connectivity index (χ0) is 17.7. The molecular weight excluding hydrogens is 333 g/mol. The van der Waals surface area contributed by atoms with Crippen LogP contribution in [0.1, 0.15) is 29.9 Å². The van der Waals surface area contributed by atoms with E-state index in [-0.39, 0.29) is 35.0 Å². The summed E-state index contributed by atoms with van der Waals surface area (Å²) in [6, 6.07) is 6.12. The van der Waals surface area contributed by atoms with E-state index in [9.17, 15) is 9.18 Å². The molecule has 0 spiro atoms. The second-order valence-corrected chi connectivity index (χ2v) is 5.92. The highest BCUT2D eigenvalue weighted by atomic mass is 35.5. The number of hydrogen-bond acceptors (Lipinski definition) is 3. The fourth-order valence-electron chi connectivity index (χ4n) is 2.41. The number of benzene rings is 1. The summed E-state index contributed by atoms with van der Waals surface area (Å²) >= 11 is 6.14. The Bertz CT molecular complexity index is 705. The normalized spacial score (nSPS) is 12.2. The molecule has 2 aromatic rings. The second-order valence-electron chi connectivity index (χ2n) is 5.51.